The van der Waals surface area contributed by atoms with Crippen LogP contribution in [0.4, 0.5) is 5.13 Å². The lowest BCUT2D eigenvalue weighted by molar-refractivity contribution is 0.0998. The van der Waals surface area contributed by atoms with E-state index in [1.807, 2.05) is 35.7 Å². The van der Waals surface area contributed by atoms with Crippen molar-refractivity contribution in [1.29, 1.82) is 0 Å². The molecule has 0 aliphatic heterocycles. The Morgan fingerprint density at radius 1 is 1.18 bits per heavy atom. The second-order valence-electron chi connectivity index (χ2n) is 5.83. The summed E-state index contributed by atoms with van der Waals surface area (Å²) in [4.78, 5) is 17.0. The minimum Gasteiger partial charge on any atom is -0.497 e. The smallest absolute Gasteiger partial charge is 0.293 e. The van der Waals surface area contributed by atoms with Crippen LogP contribution in [0.5, 0.6) is 11.5 Å². The molecule has 0 bridgehead atoms. The standard InChI is InChI=1S/C20H15BrN2O4S/c1-25-12-6-7-13(16(9-12)26-2)15-10-28-20(22-15)23-19(24)17-8-11-4-3-5-14(21)18(11)27-17/h3-10H,1-2H3,(H,22,23,24). The highest BCUT2D eigenvalue weighted by atomic mass is 79.9. The summed E-state index contributed by atoms with van der Waals surface area (Å²) < 4.78 is 17.1. The number of benzene rings is 2. The molecule has 0 saturated heterocycles. The number of halogens is 1. The molecule has 0 saturated carbocycles. The highest BCUT2D eigenvalue weighted by Gasteiger charge is 2.17. The lowest BCUT2D eigenvalue weighted by atomic mass is 10.1. The van der Waals surface area contributed by atoms with E-state index in [0.717, 1.165) is 15.4 Å². The van der Waals surface area contributed by atoms with Crippen LogP contribution >= 0.6 is 27.3 Å². The van der Waals surface area contributed by atoms with Crippen molar-refractivity contribution in [2.75, 3.05) is 19.5 Å². The van der Waals surface area contributed by atoms with Gasteiger partial charge in [0.1, 0.15) is 17.1 Å². The van der Waals surface area contributed by atoms with Crippen molar-refractivity contribution in [1.82, 2.24) is 4.98 Å². The molecule has 2 heterocycles. The number of para-hydroxylation sites is 1. The largest absolute Gasteiger partial charge is 0.497 e. The number of amides is 1. The van der Waals surface area contributed by atoms with Crippen LogP contribution in [0.3, 0.4) is 0 Å². The second-order valence-corrected chi connectivity index (χ2v) is 7.54. The first-order chi connectivity index (χ1) is 13.6. The highest BCUT2D eigenvalue weighted by molar-refractivity contribution is 9.10. The minimum atomic E-state index is -0.356. The van der Waals surface area contributed by atoms with Crippen LogP contribution in [-0.4, -0.2) is 25.1 Å². The van der Waals surface area contributed by atoms with Crippen molar-refractivity contribution in [2.24, 2.45) is 0 Å². The molecule has 0 spiro atoms. The molecule has 0 unspecified atom stereocenters. The molecule has 1 N–H and O–H groups in total. The van der Waals surface area contributed by atoms with E-state index in [0.29, 0.717) is 27.9 Å². The Labute approximate surface area is 173 Å². The second kappa shape index (κ2) is 7.65. The number of ether oxygens (including phenoxy) is 2. The summed E-state index contributed by atoms with van der Waals surface area (Å²) in [6.07, 6.45) is 0. The van der Waals surface area contributed by atoms with Gasteiger partial charge in [0, 0.05) is 22.4 Å². The van der Waals surface area contributed by atoms with E-state index in [-0.39, 0.29) is 11.7 Å². The van der Waals surface area contributed by atoms with Crippen molar-refractivity contribution in [3.05, 3.63) is 58.1 Å². The summed E-state index contributed by atoms with van der Waals surface area (Å²) in [5.74, 6) is 1.21. The Kier molecular flexibility index (Phi) is 5.06. The number of furan rings is 1. The number of nitrogens with one attached hydrogen (secondary N) is 1. The van der Waals surface area contributed by atoms with Crippen molar-refractivity contribution >= 4 is 49.3 Å². The van der Waals surface area contributed by atoms with E-state index in [1.165, 1.54) is 11.3 Å². The van der Waals surface area contributed by atoms with Crippen LogP contribution in [0, 0.1) is 0 Å². The molecule has 6 nitrogen and oxygen atoms in total. The maximum Gasteiger partial charge on any atom is 0.293 e. The van der Waals surface area contributed by atoms with Gasteiger partial charge in [-0.05, 0) is 40.2 Å². The molecule has 2 aromatic carbocycles. The van der Waals surface area contributed by atoms with Crippen LogP contribution in [0.15, 0.2) is 56.7 Å². The summed E-state index contributed by atoms with van der Waals surface area (Å²) in [6, 6.07) is 12.8. The fourth-order valence-corrected chi connectivity index (χ4v) is 3.93. The molecule has 4 rings (SSSR count). The first-order valence-corrected chi connectivity index (χ1v) is 9.93. The zero-order valence-corrected chi connectivity index (χ0v) is 17.4. The molecule has 2 aromatic heterocycles. The van der Waals surface area contributed by atoms with Gasteiger partial charge in [0.25, 0.3) is 5.91 Å². The number of hydrogen-bond donors (Lipinski definition) is 1. The van der Waals surface area contributed by atoms with Crippen LogP contribution in [0.1, 0.15) is 10.6 Å². The SMILES string of the molecule is COc1ccc(-c2csc(NC(=O)c3cc4cccc(Br)c4o3)n2)c(OC)c1. The fraction of sp³-hybridized carbons (Fsp3) is 0.100. The van der Waals surface area contributed by atoms with Gasteiger partial charge in [-0.3, -0.25) is 10.1 Å². The summed E-state index contributed by atoms with van der Waals surface area (Å²) in [5.41, 5.74) is 2.15. The molecule has 142 valence electrons. The van der Waals surface area contributed by atoms with E-state index < -0.39 is 0 Å². The van der Waals surface area contributed by atoms with Gasteiger partial charge in [0.05, 0.1) is 24.4 Å². The van der Waals surface area contributed by atoms with Gasteiger partial charge in [0.2, 0.25) is 0 Å². The van der Waals surface area contributed by atoms with Gasteiger partial charge in [0.15, 0.2) is 10.9 Å². The van der Waals surface area contributed by atoms with E-state index in [4.69, 9.17) is 13.9 Å². The Balaban J connectivity index is 1.58. The maximum atomic E-state index is 12.6. The maximum absolute atomic E-state index is 12.6. The number of carbonyl (C=O) groups excluding carboxylic acids is 1. The molecule has 28 heavy (non-hydrogen) atoms. The average Bonchev–Trinajstić information content (AvgIpc) is 3.35. The Morgan fingerprint density at radius 3 is 2.79 bits per heavy atom. The summed E-state index contributed by atoms with van der Waals surface area (Å²) in [6.45, 7) is 0. The third-order valence-corrected chi connectivity index (χ3v) is 5.51. The van der Waals surface area contributed by atoms with Crippen molar-refractivity contribution in [3.63, 3.8) is 0 Å². The van der Waals surface area contributed by atoms with Crippen molar-refractivity contribution in [3.8, 4) is 22.8 Å². The van der Waals surface area contributed by atoms with Gasteiger partial charge in [-0.2, -0.15) is 0 Å². The topological polar surface area (TPSA) is 73.6 Å². The van der Waals surface area contributed by atoms with Gasteiger partial charge in [-0.1, -0.05) is 12.1 Å². The van der Waals surface area contributed by atoms with Gasteiger partial charge < -0.3 is 13.9 Å². The van der Waals surface area contributed by atoms with E-state index in [2.05, 4.69) is 26.2 Å². The molecule has 0 aliphatic rings. The number of fused-ring (bicyclic) bond motifs is 1. The number of thiazole rings is 1. The van der Waals surface area contributed by atoms with Gasteiger partial charge in [-0.25, -0.2) is 4.98 Å². The normalized spacial score (nSPS) is 10.8. The number of hydrogen-bond acceptors (Lipinski definition) is 6. The van der Waals surface area contributed by atoms with Crippen molar-refractivity contribution < 1.29 is 18.7 Å². The molecule has 0 fully saturated rings. The molecule has 0 radical (unpaired) electrons. The molecule has 0 atom stereocenters. The number of anilines is 1. The molecular formula is C20H15BrN2O4S. The first-order valence-electron chi connectivity index (χ1n) is 8.26. The average molecular weight is 459 g/mol. The Hall–Kier alpha value is -2.84. The van der Waals surface area contributed by atoms with Crippen LogP contribution in [0.25, 0.3) is 22.2 Å². The number of methoxy groups -OCH3 is 2. The predicted molar refractivity (Wildman–Crippen MR) is 113 cm³/mol. The van der Waals surface area contributed by atoms with Crippen LogP contribution in [-0.2, 0) is 0 Å². The fourth-order valence-electron chi connectivity index (χ4n) is 2.76. The third-order valence-electron chi connectivity index (χ3n) is 4.13. The van der Waals surface area contributed by atoms with Crippen molar-refractivity contribution in [2.45, 2.75) is 0 Å². The third kappa shape index (κ3) is 3.48. The molecule has 8 heteroatoms. The molecule has 4 aromatic rings. The van der Waals surface area contributed by atoms with E-state index >= 15 is 0 Å². The molecule has 1 amide bonds. The number of rotatable bonds is 5. The predicted octanol–water partition coefficient (Wildman–Crippen LogP) is 5.59. The first kappa shape index (κ1) is 18.5. The molecular weight excluding hydrogens is 444 g/mol. The molecule has 0 aliphatic carbocycles. The minimum absolute atomic E-state index is 0.223. The van der Waals surface area contributed by atoms with E-state index in [9.17, 15) is 4.79 Å². The van der Waals surface area contributed by atoms with E-state index in [1.54, 1.807) is 26.4 Å². The lowest BCUT2D eigenvalue weighted by Gasteiger charge is -2.08. The summed E-state index contributed by atoms with van der Waals surface area (Å²) in [7, 11) is 3.19. The Morgan fingerprint density at radius 2 is 2.04 bits per heavy atom. The van der Waals surface area contributed by atoms with Crippen LogP contribution in [0.2, 0.25) is 0 Å². The highest BCUT2D eigenvalue weighted by Crippen LogP contribution is 2.35. The summed E-state index contributed by atoms with van der Waals surface area (Å²) in [5, 5.41) is 5.96. The van der Waals surface area contributed by atoms with Gasteiger partial charge in [-0.15, -0.1) is 11.3 Å². The number of carbonyl (C=O) groups is 1. The lowest BCUT2D eigenvalue weighted by Crippen LogP contribution is -2.10. The number of nitrogens with zero attached hydrogens (tertiary/aromatic N) is 1. The van der Waals surface area contributed by atoms with Gasteiger partial charge >= 0.3 is 0 Å². The monoisotopic (exact) mass is 458 g/mol. The van der Waals surface area contributed by atoms with Crippen LogP contribution < -0.4 is 14.8 Å². The quantitative estimate of drug-likeness (QED) is 0.421. The Bertz CT molecular complexity index is 1170. The summed E-state index contributed by atoms with van der Waals surface area (Å²) >= 11 is 4.75. The number of aromatic nitrogens is 1. The zero-order valence-electron chi connectivity index (χ0n) is 15.0. The zero-order chi connectivity index (χ0) is 19.7.